The molecule has 3 heterocycles. The SMILES string of the molecule is CC(C)(C)OC(=O)N[C@@H]1C(=O)N2[C@@H](C(=O)OC(c3ccccc3)c3ccccc3)C(/C=C3\CCN(c4ccc(OC(=O)OC(C)(C)C)c(F)c4)C3=O)=CS[C@H]12. The van der Waals surface area contributed by atoms with E-state index in [1.54, 1.807) is 53.0 Å². The number of rotatable bonds is 8. The normalized spacial score (nSPS) is 20.4. The fourth-order valence-electron chi connectivity index (χ4n) is 6.27. The van der Waals surface area contributed by atoms with E-state index in [-0.39, 0.29) is 24.4 Å². The van der Waals surface area contributed by atoms with Gasteiger partial charge < -0.3 is 34.1 Å². The number of alkyl carbamates (subject to hydrolysis) is 1. The minimum absolute atomic E-state index is 0.198. The number of esters is 1. The topological polar surface area (TPSA) is 141 Å². The van der Waals surface area contributed by atoms with Crippen LogP contribution in [-0.4, -0.2) is 70.1 Å². The zero-order valence-electron chi connectivity index (χ0n) is 31.2. The van der Waals surface area contributed by atoms with Gasteiger partial charge in [-0.15, -0.1) is 11.8 Å². The third kappa shape index (κ3) is 9.02. The van der Waals surface area contributed by atoms with Gasteiger partial charge in [0, 0.05) is 23.9 Å². The number of hydrogen-bond acceptors (Lipinski definition) is 10. The number of fused-ring (bicyclic) bond motifs is 1. The number of carbonyl (C=O) groups excluding carboxylic acids is 5. The van der Waals surface area contributed by atoms with Crippen molar-refractivity contribution in [2.45, 2.75) is 82.7 Å². The Balaban J connectivity index is 1.27. The third-order valence-corrected chi connectivity index (χ3v) is 9.81. The third-order valence-electron chi connectivity index (χ3n) is 8.63. The van der Waals surface area contributed by atoms with E-state index < -0.39 is 70.6 Å². The Hall–Kier alpha value is -5.63. The Labute approximate surface area is 322 Å². The summed E-state index contributed by atoms with van der Waals surface area (Å²) in [6.45, 7) is 10.3. The number of nitrogens with one attached hydrogen (secondary N) is 1. The largest absolute Gasteiger partial charge is 0.514 e. The molecule has 0 aliphatic carbocycles. The molecule has 2 saturated heterocycles. The van der Waals surface area contributed by atoms with E-state index in [1.807, 2.05) is 60.7 Å². The summed E-state index contributed by atoms with van der Waals surface area (Å²) in [4.78, 5) is 69.4. The van der Waals surface area contributed by atoms with Gasteiger partial charge in [0.1, 0.15) is 22.6 Å². The molecule has 3 amide bonds. The molecule has 0 bridgehead atoms. The molecular formula is C41H42FN3O9S. The molecule has 0 saturated carbocycles. The van der Waals surface area contributed by atoms with Crippen LogP contribution >= 0.6 is 11.8 Å². The van der Waals surface area contributed by atoms with Crippen LogP contribution in [-0.2, 0) is 28.6 Å². The maximum absolute atomic E-state index is 15.1. The van der Waals surface area contributed by atoms with Gasteiger partial charge in [0.25, 0.3) is 5.91 Å². The molecule has 3 aromatic rings. The summed E-state index contributed by atoms with van der Waals surface area (Å²) < 4.78 is 36.8. The summed E-state index contributed by atoms with van der Waals surface area (Å²) in [6.07, 6.45) is -0.841. The van der Waals surface area contributed by atoms with Crippen molar-refractivity contribution < 1.29 is 47.3 Å². The molecule has 0 aromatic heterocycles. The highest BCUT2D eigenvalue weighted by Crippen LogP contribution is 2.43. The Bertz CT molecular complexity index is 2000. The number of anilines is 1. The highest BCUT2D eigenvalue weighted by molar-refractivity contribution is 8.03. The van der Waals surface area contributed by atoms with Gasteiger partial charge in [0.15, 0.2) is 23.7 Å². The van der Waals surface area contributed by atoms with Crippen LogP contribution in [0.2, 0.25) is 0 Å². The van der Waals surface area contributed by atoms with Gasteiger partial charge in [-0.2, -0.15) is 0 Å². The molecular weight excluding hydrogens is 730 g/mol. The number of amides is 3. The van der Waals surface area contributed by atoms with Crippen LogP contribution in [0, 0.1) is 5.82 Å². The molecule has 6 rings (SSSR count). The summed E-state index contributed by atoms with van der Waals surface area (Å²) in [6, 6.07) is 19.9. The lowest BCUT2D eigenvalue weighted by Gasteiger charge is -2.51. The average Bonchev–Trinajstić information content (AvgIpc) is 3.48. The van der Waals surface area contributed by atoms with E-state index in [0.29, 0.717) is 22.3 Å². The van der Waals surface area contributed by atoms with E-state index in [9.17, 15) is 24.0 Å². The molecule has 14 heteroatoms. The summed E-state index contributed by atoms with van der Waals surface area (Å²) in [5.41, 5.74) is 0.674. The number of nitrogens with zero attached hydrogens (tertiary/aromatic N) is 2. The quantitative estimate of drug-likeness (QED) is 0.0823. The molecule has 0 unspecified atom stereocenters. The predicted octanol–water partition coefficient (Wildman–Crippen LogP) is 7.20. The first-order chi connectivity index (χ1) is 26.0. The first-order valence-corrected chi connectivity index (χ1v) is 18.6. The number of ether oxygens (including phenoxy) is 4. The van der Waals surface area contributed by atoms with Crippen molar-refractivity contribution in [3.05, 3.63) is 118 Å². The summed E-state index contributed by atoms with van der Waals surface area (Å²) in [5.74, 6) is -2.92. The Morgan fingerprint density at radius 1 is 0.891 bits per heavy atom. The van der Waals surface area contributed by atoms with Crippen LogP contribution in [0.25, 0.3) is 0 Å². The maximum Gasteiger partial charge on any atom is 0.514 e. The number of carbonyl (C=O) groups is 5. The second-order valence-electron chi connectivity index (χ2n) is 15.1. The average molecular weight is 772 g/mol. The maximum atomic E-state index is 15.1. The van der Waals surface area contributed by atoms with Crippen molar-refractivity contribution in [2.75, 3.05) is 11.4 Å². The van der Waals surface area contributed by atoms with Crippen LogP contribution in [0.1, 0.15) is 65.2 Å². The molecule has 12 nitrogen and oxygen atoms in total. The van der Waals surface area contributed by atoms with Gasteiger partial charge in [0.05, 0.1) is 0 Å². The minimum Gasteiger partial charge on any atom is -0.451 e. The van der Waals surface area contributed by atoms with Crippen LogP contribution in [0.4, 0.5) is 19.7 Å². The molecule has 2 fully saturated rings. The lowest BCUT2D eigenvalue weighted by Crippen LogP contribution is -2.74. The fourth-order valence-corrected chi connectivity index (χ4v) is 7.46. The fraction of sp³-hybridized carbons (Fsp3) is 0.341. The second kappa shape index (κ2) is 15.6. The van der Waals surface area contributed by atoms with Crippen molar-refractivity contribution in [3.8, 4) is 5.75 Å². The molecule has 3 aliphatic heterocycles. The molecule has 0 spiro atoms. The Kier molecular flexibility index (Phi) is 11.1. The smallest absolute Gasteiger partial charge is 0.451 e. The zero-order valence-corrected chi connectivity index (χ0v) is 32.1. The Morgan fingerprint density at radius 3 is 2.09 bits per heavy atom. The van der Waals surface area contributed by atoms with E-state index >= 15 is 4.39 Å². The van der Waals surface area contributed by atoms with E-state index in [1.165, 1.54) is 33.7 Å². The zero-order chi connectivity index (χ0) is 39.7. The van der Waals surface area contributed by atoms with Gasteiger partial charge >= 0.3 is 18.2 Å². The Morgan fingerprint density at radius 2 is 1.51 bits per heavy atom. The van der Waals surface area contributed by atoms with E-state index in [2.05, 4.69) is 5.32 Å². The standard InChI is InChI=1S/C41H42FN3O9S/c1-40(2,3)53-38(49)43-31-35(47)45-32(37(48)52-33(24-13-9-7-10-14-24)25-15-11-8-12-16-25)27(23-55-36(31)45)21-26-19-20-44(34(26)46)28-17-18-30(29(42)22-28)51-39(50)54-41(4,5)6/h7-18,21-23,31-33,36H,19-20H2,1-6H3,(H,43,49)/b26-21+/t31-,32-,36-/m1/s1. The van der Waals surface area contributed by atoms with Gasteiger partial charge in [0.2, 0.25) is 5.91 Å². The minimum atomic E-state index is -1.26. The number of β-lactam (4-membered cyclic amide) rings is 1. The van der Waals surface area contributed by atoms with Gasteiger partial charge in [-0.3, -0.25) is 9.59 Å². The monoisotopic (exact) mass is 771 g/mol. The van der Waals surface area contributed by atoms with Gasteiger partial charge in [-0.05, 0) is 88.3 Å². The van der Waals surface area contributed by atoms with Crippen molar-refractivity contribution >= 4 is 47.5 Å². The van der Waals surface area contributed by atoms with Crippen molar-refractivity contribution in [1.82, 2.24) is 10.2 Å². The molecule has 3 aliphatic rings. The number of benzene rings is 3. The first kappa shape index (κ1) is 39.1. The van der Waals surface area contributed by atoms with Gasteiger partial charge in [-0.25, -0.2) is 18.8 Å². The van der Waals surface area contributed by atoms with Crippen molar-refractivity contribution in [1.29, 1.82) is 0 Å². The number of hydrogen-bond donors (Lipinski definition) is 1. The van der Waals surface area contributed by atoms with E-state index in [4.69, 9.17) is 18.9 Å². The van der Waals surface area contributed by atoms with Crippen LogP contribution in [0.3, 0.4) is 0 Å². The lowest BCUT2D eigenvalue weighted by atomic mass is 9.95. The molecule has 288 valence electrons. The van der Waals surface area contributed by atoms with Crippen LogP contribution in [0.15, 0.2) is 101 Å². The van der Waals surface area contributed by atoms with Crippen molar-refractivity contribution in [2.24, 2.45) is 0 Å². The first-order valence-electron chi connectivity index (χ1n) is 17.7. The number of thioether (sulfide) groups is 1. The highest BCUT2D eigenvalue weighted by atomic mass is 32.2. The summed E-state index contributed by atoms with van der Waals surface area (Å²) in [7, 11) is 0. The second-order valence-corrected chi connectivity index (χ2v) is 16.1. The molecule has 3 atom stereocenters. The lowest BCUT2D eigenvalue weighted by molar-refractivity contribution is -0.164. The van der Waals surface area contributed by atoms with Crippen molar-refractivity contribution in [3.63, 3.8) is 0 Å². The highest BCUT2D eigenvalue weighted by Gasteiger charge is 2.56. The molecule has 0 radical (unpaired) electrons. The summed E-state index contributed by atoms with van der Waals surface area (Å²) >= 11 is 1.21. The van der Waals surface area contributed by atoms with Gasteiger partial charge in [-0.1, -0.05) is 60.7 Å². The molecule has 55 heavy (non-hydrogen) atoms. The number of halogens is 1. The predicted molar refractivity (Wildman–Crippen MR) is 202 cm³/mol. The molecule has 1 N–H and O–H groups in total. The molecule has 3 aromatic carbocycles. The summed E-state index contributed by atoms with van der Waals surface area (Å²) in [5, 5.41) is 3.65. The van der Waals surface area contributed by atoms with Crippen LogP contribution in [0.5, 0.6) is 5.75 Å². The van der Waals surface area contributed by atoms with Crippen LogP contribution < -0.4 is 15.0 Å². The van der Waals surface area contributed by atoms with E-state index in [0.717, 1.165) is 6.07 Å².